The Bertz CT molecular complexity index is 651. The van der Waals surface area contributed by atoms with Crippen LogP contribution < -0.4 is 0 Å². The summed E-state index contributed by atoms with van der Waals surface area (Å²) in [6.07, 6.45) is 4.40. The van der Waals surface area contributed by atoms with Gasteiger partial charge in [-0.15, -0.1) is 11.3 Å². The van der Waals surface area contributed by atoms with E-state index in [4.69, 9.17) is 0 Å². The van der Waals surface area contributed by atoms with Gasteiger partial charge in [-0.3, -0.25) is 0 Å². The van der Waals surface area contributed by atoms with Crippen LogP contribution in [0, 0.1) is 0 Å². The van der Waals surface area contributed by atoms with E-state index in [1.54, 1.807) is 11.3 Å². The molecule has 2 nitrogen and oxygen atoms in total. The maximum atomic E-state index is 4.68. The van der Waals surface area contributed by atoms with Gasteiger partial charge >= 0.3 is 0 Å². The number of hydrogen-bond acceptors (Lipinski definition) is 2. The highest BCUT2D eigenvalue weighted by Crippen LogP contribution is 2.18. The smallest absolute Gasteiger partial charge is 0.0928 e. The Balaban J connectivity index is 1.87. The van der Waals surface area contributed by atoms with E-state index in [0.29, 0.717) is 0 Å². The normalized spacial score (nSPS) is 11.2. The molecule has 92 valence electrons. The molecule has 0 saturated heterocycles. The molecule has 0 spiro atoms. The molecule has 1 aromatic carbocycles. The topological polar surface area (TPSA) is 17.8 Å². The molecule has 3 rings (SSSR count). The van der Waals surface area contributed by atoms with Gasteiger partial charge in [0.15, 0.2) is 0 Å². The summed E-state index contributed by atoms with van der Waals surface area (Å²) in [4.78, 5) is 4.68. The zero-order valence-corrected chi connectivity index (χ0v) is 11.3. The predicted molar refractivity (Wildman–Crippen MR) is 77.1 cm³/mol. The van der Waals surface area contributed by atoms with E-state index in [1.165, 1.54) is 28.0 Å². The first-order valence-electron chi connectivity index (χ1n) is 6.34. The fourth-order valence-electron chi connectivity index (χ4n) is 2.20. The van der Waals surface area contributed by atoms with E-state index < -0.39 is 0 Å². The lowest BCUT2D eigenvalue weighted by atomic mass is 10.2. The third-order valence-electron chi connectivity index (χ3n) is 3.08. The zero-order chi connectivity index (χ0) is 12.4. The highest BCUT2D eigenvalue weighted by molar-refractivity contribution is 7.09. The maximum Gasteiger partial charge on any atom is 0.0928 e. The van der Waals surface area contributed by atoms with Crippen LogP contribution in [0.5, 0.6) is 0 Å². The van der Waals surface area contributed by atoms with Crippen molar-refractivity contribution >= 4 is 22.2 Å². The Hall–Kier alpha value is -1.61. The Kier molecular flexibility index (Phi) is 3.15. The highest BCUT2D eigenvalue weighted by Gasteiger charge is 2.04. The van der Waals surface area contributed by atoms with Gasteiger partial charge < -0.3 is 4.57 Å². The number of nitrogens with zero attached hydrogens (tertiary/aromatic N) is 2. The predicted octanol–water partition coefficient (Wildman–Crippen LogP) is 4.10. The molecule has 3 heteroatoms. The molecule has 0 atom stereocenters. The summed E-state index contributed by atoms with van der Waals surface area (Å²) in [6.45, 7) is 3.06. The van der Waals surface area contributed by atoms with Gasteiger partial charge in [0.25, 0.3) is 0 Å². The maximum absolute atomic E-state index is 4.68. The van der Waals surface area contributed by atoms with E-state index in [9.17, 15) is 0 Å². The van der Waals surface area contributed by atoms with Gasteiger partial charge in [-0.25, -0.2) is 4.98 Å². The lowest BCUT2D eigenvalue weighted by Crippen LogP contribution is -1.98. The minimum absolute atomic E-state index is 0.869. The van der Waals surface area contributed by atoms with Crippen LogP contribution in [0.2, 0.25) is 0 Å². The number of rotatable bonds is 4. The molecule has 0 amide bonds. The average Bonchev–Trinajstić information content (AvgIpc) is 2.99. The molecule has 0 fully saturated rings. The van der Waals surface area contributed by atoms with Crippen molar-refractivity contribution in [2.45, 2.75) is 26.3 Å². The summed E-state index contributed by atoms with van der Waals surface area (Å²) in [7, 11) is 0. The van der Waals surface area contributed by atoms with Crippen LogP contribution in [-0.2, 0) is 13.0 Å². The minimum Gasteiger partial charge on any atom is -0.341 e. The van der Waals surface area contributed by atoms with Crippen molar-refractivity contribution in [3.05, 3.63) is 52.6 Å². The molecule has 18 heavy (non-hydrogen) atoms. The van der Waals surface area contributed by atoms with Crippen molar-refractivity contribution in [3.63, 3.8) is 0 Å². The van der Waals surface area contributed by atoms with Crippen molar-refractivity contribution in [1.29, 1.82) is 0 Å². The van der Waals surface area contributed by atoms with E-state index in [2.05, 4.69) is 58.4 Å². The Morgan fingerprint density at radius 1 is 1.22 bits per heavy atom. The molecule has 0 aliphatic carbocycles. The quantitative estimate of drug-likeness (QED) is 0.687. The highest BCUT2D eigenvalue weighted by atomic mass is 32.1. The summed E-state index contributed by atoms with van der Waals surface area (Å²) in [6, 6.07) is 10.6. The van der Waals surface area contributed by atoms with Crippen LogP contribution in [0.25, 0.3) is 10.9 Å². The van der Waals surface area contributed by atoms with Crippen molar-refractivity contribution in [1.82, 2.24) is 9.55 Å². The molecule has 0 aliphatic rings. The van der Waals surface area contributed by atoms with Crippen molar-refractivity contribution in [2.75, 3.05) is 0 Å². The van der Waals surface area contributed by atoms with E-state index in [1.807, 2.05) is 0 Å². The van der Waals surface area contributed by atoms with Crippen LogP contribution in [0.4, 0.5) is 0 Å². The van der Waals surface area contributed by atoms with Gasteiger partial charge in [-0.05, 0) is 30.4 Å². The second-order valence-corrected chi connectivity index (χ2v) is 5.43. The third-order valence-corrected chi connectivity index (χ3v) is 4.03. The summed E-state index contributed by atoms with van der Waals surface area (Å²) in [5, 5.41) is 4.73. The first kappa shape index (κ1) is 11.5. The van der Waals surface area contributed by atoms with Crippen molar-refractivity contribution < 1.29 is 0 Å². The first-order chi connectivity index (χ1) is 8.86. The fourth-order valence-corrected chi connectivity index (χ4v) is 3.09. The van der Waals surface area contributed by atoms with Crippen molar-refractivity contribution in [3.8, 4) is 0 Å². The molecule has 0 radical (unpaired) electrons. The molecular formula is C15H16N2S. The Morgan fingerprint density at radius 3 is 3.00 bits per heavy atom. The number of benzene rings is 1. The monoisotopic (exact) mass is 256 g/mol. The lowest BCUT2D eigenvalue weighted by Gasteiger charge is -2.02. The number of para-hydroxylation sites is 1. The first-order valence-corrected chi connectivity index (χ1v) is 7.22. The molecule has 0 unspecified atom stereocenters. The third kappa shape index (κ3) is 2.18. The zero-order valence-electron chi connectivity index (χ0n) is 10.5. The summed E-state index contributed by atoms with van der Waals surface area (Å²) < 4.78 is 2.26. The van der Waals surface area contributed by atoms with Gasteiger partial charge in [0.2, 0.25) is 0 Å². The molecule has 0 N–H and O–H groups in total. The van der Waals surface area contributed by atoms with Gasteiger partial charge in [0.05, 0.1) is 17.2 Å². The Labute approximate surface area is 111 Å². The van der Waals surface area contributed by atoms with Gasteiger partial charge in [0, 0.05) is 17.1 Å². The summed E-state index contributed by atoms with van der Waals surface area (Å²) in [5.41, 5.74) is 2.45. The van der Waals surface area contributed by atoms with Crippen LogP contribution in [0.1, 0.15) is 24.0 Å². The number of thiazole rings is 1. The lowest BCUT2D eigenvalue weighted by molar-refractivity contribution is 0.801. The molecule has 0 saturated carbocycles. The fraction of sp³-hybridized carbons (Fsp3) is 0.267. The standard InChI is InChI=1S/C15H16N2S/c1-2-5-15-16-13(11-18-15)10-17-9-8-12-6-3-4-7-14(12)17/h3-4,6-9,11H,2,5,10H2,1H3. The molecule has 2 heterocycles. The van der Waals surface area contributed by atoms with Crippen LogP contribution in [-0.4, -0.2) is 9.55 Å². The molecule has 0 bridgehead atoms. The number of fused-ring (bicyclic) bond motifs is 1. The Morgan fingerprint density at radius 2 is 2.11 bits per heavy atom. The van der Waals surface area contributed by atoms with E-state index in [0.717, 1.165) is 13.0 Å². The van der Waals surface area contributed by atoms with Crippen LogP contribution >= 0.6 is 11.3 Å². The molecule has 0 aliphatic heterocycles. The summed E-state index contributed by atoms with van der Waals surface area (Å²) in [5.74, 6) is 0. The van der Waals surface area contributed by atoms with Crippen molar-refractivity contribution in [2.24, 2.45) is 0 Å². The summed E-state index contributed by atoms with van der Waals surface area (Å²) >= 11 is 1.78. The number of aromatic nitrogens is 2. The van der Waals surface area contributed by atoms with E-state index >= 15 is 0 Å². The van der Waals surface area contributed by atoms with Gasteiger partial charge in [-0.2, -0.15) is 0 Å². The molecule has 3 aromatic rings. The second kappa shape index (κ2) is 4.94. The van der Waals surface area contributed by atoms with Gasteiger partial charge in [-0.1, -0.05) is 25.1 Å². The number of hydrogen-bond donors (Lipinski definition) is 0. The van der Waals surface area contributed by atoms with Crippen LogP contribution in [0.3, 0.4) is 0 Å². The molecular weight excluding hydrogens is 240 g/mol. The van der Waals surface area contributed by atoms with Crippen LogP contribution in [0.15, 0.2) is 41.9 Å². The largest absolute Gasteiger partial charge is 0.341 e. The minimum atomic E-state index is 0.869. The average molecular weight is 256 g/mol. The van der Waals surface area contributed by atoms with Gasteiger partial charge in [0.1, 0.15) is 0 Å². The molecule has 2 aromatic heterocycles. The second-order valence-electron chi connectivity index (χ2n) is 4.49. The number of aryl methyl sites for hydroxylation is 1. The van der Waals surface area contributed by atoms with E-state index in [-0.39, 0.29) is 0 Å². The SMILES string of the molecule is CCCc1nc(Cn2ccc3ccccc32)cs1.